The SMILES string of the molecule is CCC(N)CC(=O)NCCOCC(C)C. The summed E-state index contributed by atoms with van der Waals surface area (Å²) in [6, 6.07) is -0.0263. The molecule has 1 amide bonds. The van der Waals surface area contributed by atoms with Crippen LogP contribution in [0, 0.1) is 5.92 Å². The van der Waals surface area contributed by atoms with Gasteiger partial charge in [-0.3, -0.25) is 4.79 Å². The van der Waals surface area contributed by atoms with Crippen LogP contribution in [-0.4, -0.2) is 31.7 Å². The molecule has 0 fully saturated rings. The van der Waals surface area contributed by atoms with E-state index in [0.29, 0.717) is 25.5 Å². The maximum atomic E-state index is 11.3. The second-order valence-corrected chi connectivity index (χ2v) is 4.19. The van der Waals surface area contributed by atoms with Crippen LogP contribution in [0.25, 0.3) is 0 Å². The molecule has 4 heteroatoms. The Hall–Kier alpha value is -0.610. The maximum absolute atomic E-state index is 11.3. The van der Waals surface area contributed by atoms with Crippen LogP contribution >= 0.6 is 0 Å². The number of nitrogens with two attached hydrogens (primary N) is 1. The van der Waals surface area contributed by atoms with E-state index in [9.17, 15) is 4.79 Å². The van der Waals surface area contributed by atoms with Crippen LogP contribution in [0.1, 0.15) is 33.6 Å². The number of carbonyl (C=O) groups excluding carboxylic acids is 1. The zero-order valence-corrected chi connectivity index (χ0v) is 10.1. The second-order valence-electron chi connectivity index (χ2n) is 4.19. The Morgan fingerprint density at radius 1 is 1.47 bits per heavy atom. The number of rotatable bonds is 8. The van der Waals surface area contributed by atoms with Crippen LogP contribution in [-0.2, 0) is 9.53 Å². The zero-order chi connectivity index (χ0) is 11.7. The first-order valence-corrected chi connectivity index (χ1v) is 5.66. The summed E-state index contributed by atoms with van der Waals surface area (Å²) in [6.45, 7) is 8.05. The lowest BCUT2D eigenvalue weighted by Gasteiger charge is -2.10. The van der Waals surface area contributed by atoms with Gasteiger partial charge in [-0.1, -0.05) is 20.8 Å². The van der Waals surface area contributed by atoms with E-state index in [1.165, 1.54) is 0 Å². The fourth-order valence-electron chi connectivity index (χ4n) is 1.04. The van der Waals surface area contributed by atoms with Gasteiger partial charge in [-0.25, -0.2) is 0 Å². The van der Waals surface area contributed by atoms with E-state index >= 15 is 0 Å². The van der Waals surface area contributed by atoms with E-state index < -0.39 is 0 Å². The topological polar surface area (TPSA) is 64.4 Å². The van der Waals surface area contributed by atoms with Crippen LogP contribution in [0.5, 0.6) is 0 Å². The van der Waals surface area contributed by atoms with Crippen molar-refractivity contribution in [3.8, 4) is 0 Å². The number of ether oxygens (including phenoxy) is 1. The molecule has 0 heterocycles. The number of nitrogens with one attached hydrogen (secondary N) is 1. The van der Waals surface area contributed by atoms with Crippen molar-refractivity contribution >= 4 is 5.91 Å². The molecule has 0 saturated carbocycles. The van der Waals surface area contributed by atoms with Crippen LogP contribution in [0.3, 0.4) is 0 Å². The minimum Gasteiger partial charge on any atom is -0.379 e. The minimum atomic E-state index is -0.0263. The summed E-state index contributed by atoms with van der Waals surface area (Å²) in [6.07, 6.45) is 1.23. The molecule has 3 N–H and O–H groups in total. The van der Waals surface area contributed by atoms with Gasteiger partial charge in [0.2, 0.25) is 5.91 Å². The molecule has 0 aromatic carbocycles. The van der Waals surface area contributed by atoms with Crippen LogP contribution < -0.4 is 11.1 Å². The molecule has 15 heavy (non-hydrogen) atoms. The fraction of sp³-hybridized carbons (Fsp3) is 0.909. The summed E-state index contributed by atoms with van der Waals surface area (Å²) >= 11 is 0. The van der Waals surface area contributed by atoms with Crippen molar-refractivity contribution in [2.75, 3.05) is 19.8 Å². The van der Waals surface area contributed by atoms with Crippen LogP contribution in [0.2, 0.25) is 0 Å². The molecule has 0 bridgehead atoms. The fourth-order valence-corrected chi connectivity index (χ4v) is 1.04. The van der Waals surface area contributed by atoms with Crippen molar-refractivity contribution in [3.63, 3.8) is 0 Å². The van der Waals surface area contributed by atoms with E-state index in [4.69, 9.17) is 10.5 Å². The third-order valence-electron chi connectivity index (χ3n) is 1.99. The highest BCUT2D eigenvalue weighted by Crippen LogP contribution is 1.93. The number of hydrogen-bond acceptors (Lipinski definition) is 3. The average molecular weight is 216 g/mol. The summed E-state index contributed by atoms with van der Waals surface area (Å²) in [5.74, 6) is 0.548. The van der Waals surface area contributed by atoms with Crippen molar-refractivity contribution in [1.29, 1.82) is 0 Å². The van der Waals surface area contributed by atoms with Gasteiger partial charge in [0.05, 0.1) is 6.61 Å². The summed E-state index contributed by atoms with van der Waals surface area (Å²) in [7, 11) is 0. The lowest BCUT2D eigenvalue weighted by Crippen LogP contribution is -2.33. The van der Waals surface area contributed by atoms with Crippen LogP contribution in [0.4, 0.5) is 0 Å². The van der Waals surface area contributed by atoms with E-state index in [-0.39, 0.29) is 11.9 Å². The van der Waals surface area contributed by atoms with Gasteiger partial charge in [-0.05, 0) is 12.3 Å². The molecular formula is C11H24N2O2. The molecule has 90 valence electrons. The first kappa shape index (κ1) is 14.4. The predicted molar refractivity (Wildman–Crippen MR) is 61.6 cm³/mol. The Bertz CT molecular complexity index is 172. The van der Waals surface area contributed by atoms with Gasteiger partial charge in [-0.2, -0.15) is 0 Å². The molecule has 0 aromatic rings. The molecule has 0 aliphatic carbocycles. The van der Waals surface area contributed by atoms with Crippen molar-refractivity contribution < 1.29 is 9.53 Å². The van der Waals surface area contributed by atoms with Gasteiger partial charge in [-0.15, -0.1) is 0 Å². The molecule has 0 saturated heterocycles. The van der Waals surface area contributed by atoms with Crippen molar-refractivity contribution in [2.45, 2.75) is 39.7 Å². The van der Waals surface area contributed by atoms with Crippen molar-refractivity contribution in [1.82, 2.24) is 5.32 Å². The first-order chi connectivity index (χ1) is 7.06. The summed E-state index contributed by atoms with van der Waals surface area (Å²) in [5, 5.41) is 2.78. The van der Waals surface area contributed by atoms with Gasteiger partial charge in [0.25, 0.3) is 0 Å². The van der Waals surface area contributed by atoms with Gasteiger partial charge in [0.1, 0.15) is 0 Å². The van der Waals surface area contributed by atoms with Crippen LogP contribution in [0.15, 0.2) is 0 Å². The molecule has 1 atom stereocenters. The Kier molecular flexibility index (Phi) is 8.33. The molecule has 0 aliphatic rings. The number of amides is 1. The van der Waals surface area contributed by atoms with E-state index in [1.54, 1.807) is 0 Å². The molecule has 0 spiro atoms. The largest absolute Gasteiger partial charge is 0.379 e. The standard InChI is InChI=1S/C11H24N2O2/c1-4-10(12)7-11(14)13-5-6-15-8-9(2)3/h9-10H,4-8,12H2,1-3H3,(H,13,14). The monoisotopic (exact) mass is 216 g/mol. The first-order valence-electron chi connectivity index (χ1n) is 5.66. The molecular weight excluding hydrogens is 192 g/mol. The van der Waals surface area contributed by atoms with Gasteiger partial charge in [0, 0.05) is 25.6 Å². The highest BCUT2D eigenvalue weighted by atomic mass is 16.5. The Morgan fingerprint density at radius 2 is 2.13 bits per heavy atom. The van der Waals surface area contributed by atoms with Crippen molar-refractivity contribution in [2.24, 2.45) is 11.7 Å². The lowest BCUT2D eigenvalue weighted by atomic mass is 10.1. The molecule has 0 rings (SSSR count). The Balaban J connectivity index is 3.31. The summed E-state index contributed by atoms with van der Waals surface area (Å²) in [4.78, 5) is 11.3. The Morgan fingerprint density at radius 3 is 2.67 bits per heavy atom. The average Bonchev–Trinajstić information content (AvgIpc) is 2.16. The Labute approximate surface area is 92.6 Å². The highest BCUT2D eigenvalue weighted by Gasteiger charge is 2.06. The molecule has 1 unspecified atom stereocenters. The van der Waals surface area contributed by atoms with Gasteiger partial charge in [0.15, 0.2) is 0 Å². The minimum absolute atomic E-state index is 0.0116. The quantitative estimate of drug-likeness (QED) is 0.593. The smallest absolute Gasteiger partial charge is 0.221 e. The van der Waals surface area contributed by atoms with E-state index in [0.717, 1.165) is 13.0 Å². The third-order valence-corrected chi connectivity index (χ3v) is 1.99. The third kappa shape index (κ3) is 9.69. The maximum Gasteiger partial charge on any atom is 0.221 e. The summed E-state index contributed by atoms with van der Waals surface area (Å²) in [5.41, 5.74) is 5.65. The highest BCUT2D eigenvalue weighted by molar-refractivity contribution is 5.76. The molecule has 0 aromatic heterocycles. The summed E-state index contributed by atoms with van der Waals surface area (Å²) < 4.78 is 5.33. The van der Waals surface area contributed by atoms with Gasteiger partial charge >= 0.3 is 0 Å². The normalized spacial score (nSPS) is 12.9. The van der Waals surface area contributed by atoms with E-state index in [2.05, 4.69) is 19.2 Å². The molecule has 0 aliphatic heterocycles. The van der Waals surface area contributed by atoms with Crippen molar-refractivity contribution in [3.05, 3.63) is 0 Å². The zero-order valence-electron chi connectivity index (χ0n) is 10.1. The number of hydrogen-bond donors (Lipinski definition) is 2. The number of carbonyl (C=O) groups is 1. The second kappa shape index (κ2) is 8.68. The predicted octanol–water partition coefficient (Wildman–Crippen LogP) is 0.903. The lowest BCUT2D eigenvalue weighted by molar-refractivity contribution is -0.121. The van der Waals surface area contributed by atoms with Gasteiger partial charge < -0.3 is 15.8 Å². The van der Waals surface area contributed by atoms with E-state index in [1.807, 2.05) is 6.92 Å². The molecule has 0 radical (unpaired) electrons. The molecule has 4 nitrogen and oxygen atoms in total.